The van der Waals surface area contributed by atoms with Gasteiger partial charge in [-0.25, -0.2) is 5.06 Å². The summed E-state index contributed by atoms with van der Waals surface area (Å²) in [4.78, 5) is 17.0. The summed E-state index contributed by atoms with van der Waals surface area (Å²) in [7, 11) is -0.389. The number of amides is 1. The number of hydroxylamine groups is 2. The molecule has 0 atom stereocenters. The van der Waals surface area contributed by atoms with Crippen molar-refractivity contribution in [3.63, 3.8) is 0 Å². The molecule has 0 bridgehead atoms. The number of rotatable bonds is 3. The van der Waals surface area contributed by atoms with Crippen LogP contribution in [0.3, 0.4) is 0 Å². The Labute approximate surface area is 131 Å². The van der Waals surface area contributed by atoms with Crippen LogP contribution >= 0.6 is 0 Å². The van der Waals surface area contributed by atoms with Crippen molar-refractivity contribution in [2.45, 2.75) is 51.9 Å². The lowest BCUT2D eigenvalue weighted by atomic mass is 9.78. The van der Waals surface area contributed by atoms with Gasteiger partial charge in [0.25, 0.3) is 0 Å². The Bertz CT molecular complexity index is 571. The molecule has 118 valence electrons. The first-order valence-corrected chi connectivity index (χ1v) is 7.66. The Kier molecular flexibility index (Phi) is 3.79. The van der Waals surface area contributed by atoms with Crippen LogP contribution in [0.1, 0.15) is 39.7 Å². The normalized spacial score (nSPS) is 23.4. The molecule has 2 saturated heterocycles. The summed E-state index contributed by atoms with van der Waals surface area (Å²) in [6, 6.07) is 7.93. The van der Waals surface area contributed by atoms with E-state index in [0.717, 1.165) is 11.0 Å². The van der Waals surface area contributed by atoms with Crippen molar-refractivity contribution in [3.8, 4) is 0 Å². The highest BCUT2D eigenvalue weighted by atomic mass is 16.7. The molecule has 1 aromatic carbocycles. The highest BCUT2D eigenvalue weighted by Crippen LogP contribution is 2.36. The van der Waals surface area contributed by atoms with E-state index < -0.39 is 0 Å². The average Bonchev–Trinajstić information content (AvgIpc) is 2.92. The van der Waals surface area contributed by atoms with Crippen LogP contribution in [0.15, 0.2) is 24.3 Å². The molecule has 5 nitrogen and oxygen atoms in total. The molecule has 2 aliphatic rings. The van der Waals surface area contributed by atoms with Gasteiger partial charge in [-0.2, -0.15) is 0 Å². The van der Waals surface area contributed by atoms with Gasteiger partial charge in [0.15, 0.2) is 0 Å². The summed E-state index contributed by atoms with van der Waals surface area (Å²) in [5.74, 6) is 0.0287. The molecule has 1 aromatic rings. The molecule has 3 rings (SSSR count). The van der Waals surface area contributed by atoms with Crippen LogP contribution in [0.4, 0.5) is 0 Å². The smallest absolute Gasteiger partial charge is 0.399 e. The molecule has 6 heteroatoms. The molecule has 0 N–H and O–H groups in total. The van der Waals surface area contributed by atoms with Gasteiger partial charge in [0.05, 0.1) is 30.8 Å². The number of hydrogen-bond acceptors (Lipinski definition) is 4. The van der Waals surface area contributed by atoms with Crippen molar-refractivity contribution in [3.05, 3.63) is 29.8 Å². The molecule has 22 heavy (non-hydrogen) atoms. The Morgan fingerprint density at radius 2 is 1.86 bits per heavy atom. The highest BCUT2D eigenvalue weighted by molar-refractivity contribution is 6.62. The van der Waals surface area contributed by atoms with Crippen LogP contribution in [0.5, 0.6) is 0 Å². The monoisotopic (exact) mass is 303 g/mol. The zero-order valence-corrected chi connectivity index (χ0v) is 13.6. The third kappa shape index (κ3) is 2.78. The summed E-state index contributed by atoms with van der Waals surface area (Å²) >= 11 is 0. The largest absolute Gasteiger partial charge is 0.494 e. The summed E-state index contributed by atoms with van der Waals surface area (Å²) in [6.07, 6.45) is 0.455. The molecule has 0 unspecified atom stereocenters. The van der Waals surface area contributed by atoms with E-state index >= 15 is 0 Å². The Hall–Kier alpha value is -1.37. The Balaban J connectivity index is 1.76. The molecule has 0 spiro atoms. The number of nitrogens with zero attached hydrogens (tertiary/aromatic N) is 1. The highest BCUT2D eigenvalue weighted by Gasteiger charge is 2.51. The minimum Gasteiger partial charge on any atom is -0.399 e. The molecular formula is C16H22BNO4. The fourth-order valence-corrected chi connectivity index (χ4v) is 2.56. The van der Waals surface area contributed by atoms with E-state index in [1.54, 1.807) is 0 Å². The number of carbonyl (C=O) groups excluding carboxylic acids is 1. The molecule has 2 aliphatic heterocycles. The lowest BCUT2D eigenvalue weighted by molar-refractivity contribution is -0.164. The first-order chi connectivity index (χ1) is 10.3. The van der Waals surface area contributed by atoms with Crippen molar-refractivity contribution in [1.29, 1.82) is 0 Å². The van der Waals surface area contributed by atoms with Gasteiger partial charge < -0.3 is 9.31 Å². The van der Waals surface area contributed by atoms with E-state index in [2.05, 4.69) is 0 Å². The standard InChI is InChI=1S/C16H22BNO4/c1-15(2)16(3,4)22-17(21-15)13-7-5-6-12(10-13)11-18-14(19)8-9-20-18/h5-7,10H,8-9,11H2,1-4H3. The van der Waals surface area contributed by atoms with Crippen molar-refractivity contribution >= 4 is 18.5 Å². The third-order valence-corrected chi connectivity index (χ3v) is 4.64. The maximum Gasteiger partial charge on any atom is 0.494 e. The van der Waals surface area contributed by atoms with Gasteiger partial charge >= 0.3 is 7.12 Å². The van der Waals surface area contributed by atoms with E-state index in [9.17, 15) is 4.79 Å². The van der Waals surface area contributed by atoms with Gasteiger partial charge in [-0.05, 0) is 38.7 Å². The van der Waals surface area contributed by atoms with Crippen LogP contribution in [0.2, 0.25) is 0 Å². The average molecular weight is 303 g/mol. The first kappa shape index (κ1) is 15.5. The van der Waals surface area contributed by atoms with Gasteiger partial charge in [0.2, 0.25) is 5.91 Å². The van der Waals surface area contributed by atoms with Gasteiger partial charge in [0, 0.05) is 0 Å². The van der Waals surface area contributed by atoms with Crippen molar-refractivity contribution in [2.75, 3.05) is 6.61 Å². The van der Waals surface area contributed by atoms with Crippen LogP contribution in [-0.2, 0) is 25.5 Å². The van der Waals surface area contributed by atoms with E-state index in [1.807, 2.05) is 52.0 Å². The second kappa shape index (κ2) is 5.37. The fourth-order valence-electron chi connectivity index (χ4n) is 2.56. The summed E-state index contributed by atoms with van der Waals surface area (Å²) in [5.41, 5.74) is 1.24. The molecule has 1 amide bonds. The lowest BCUT2D eigenvalue weighted by Crippen LogP contribution is -2.41. The lowest BCUT2D eigenvalue weighted by Gasteiger charge is -2.32. The van der Waals surface area contributed by atoms with Crippen molar-refractivity contribution < 1.29 is 18.9 Å². The van der Waals surface area contributed by atoms with E-state index in [-0.39, 0.29) is 24.2 Å². The molecule has 2 heterocycles. The molecule has 0 aromatic heterocycles. The second-order valence-electron chi connectivity index (χ2n) is 6.85. The maximum atomic E-state index is 11.6. The van der Waals surface area contributed by atoms with Crippen molar-refractivity contribution in [1.82, 2.24) is 5.06 Å². The predicted molar refractivity (Wildman–Crippen MR) is 83.3 cm³/mol. The SMILES string of the molecule is CC1(C)OB(c2cccc(CN3OCCC3=O)c2)OC1(C)C. The molecular weight excluding hydrogens is 281 g/mol. The second-order valence-corrected chi connectivity index (χ2v) is 6.85. The summed E-state index contributed by atoms with van der Waals surface area (Å²) < 4.78 is 12.1. The van der Waals surface area contributed by atoms with Crippen LogP contribution in [-0.4, -0.2) is 35.9 Å². The van der Waals surface area contributed by atoms with Crippen LogP contribution in [0, 0.1) is 0 Å². The van der Waals surface area contributed by atoms with Gasteiger partial charge in [-0.15, -0.1) is 0 Å². The maximum absolute atomic E-state index is 11.6. The minimum absolute atomic E-state index is 0.0287. The van der Waals surface area contributed by atoms with E-state index in [1.165, 1.54) is 5.06 Å². The summed E-state index contributed by atoms with van der Waals surface area (Å²) in [5, 5.41) is 1.42. The minimum atomic E-state index is -0.389. The summed E-state index contributed by atoms with van der Waals surface area (Å²) in [6.45, 7) is 9.06. The van der Waals surface area contributed by atoms with E-state index in [4.69, 9.17) is 14.1 Å². The Morgan fingerprint density at radius 1 is 1.18 bits per heavy atom. The van der Waals surface area contributed by atoms with Crippen molar-refractivity contribution in [2.24, 2.45) is 0 Å². The number of carbonyl (C=O) groups is 1. The predicted octanol–water partition coefficient (Wildman–Crippen LogP) is 1.65. The van der Waals surface area contributed by atoms with Gasteiger partial charge in [-0.1, -0.05) is 24.3 Å². The Morgan fingerprint density at radius 3 is 2.45 bits per heavy atom. The molecule has 2 fully saturated rings. The van der Waals surface area contributed by atoms with Gasteiger partial charge in [0.1, 0.15) is 0 Å². The number of hydrogen-bond donors (Lipinski definition) is 0. The molecule has 0 radical (unpaired) electrons. The fraction of sp³-hybridized carbons (Fsp3) is 0.562. The third-order valence-electron chi connectivity index (χ3n) is 4.64. The first-order valence-electron chi connectivity index (χ1n) is 7.66. The molecule has 0 saturated carbocycles. The molecule has 0 aliphatic carbocycles. The van der Waals surface area contributed by atoms with Crippen LogP contribution < -0.4 is 5.46 Å². The zero-order valence-electron chi connectivity index (χ0n) is 13.6. The number of benzene rings is 1. The van der Waals surface area contributed by atoms with Gasteiger partial charge in [-0.3, -0.25) is 9.63 Å². The zero-order chi connectivity index (χ0) is 16.0. The van der Waals surface area contributed by atoms with E-state index in [0.29, 0.717) is 19.6 Å². The quantitative estimate of drug-likeness (QED) is 0.797. The topological polar surface area (TPSA) is 48.0 Å². The van der Waals surface area contributed by atoms with Crippen LogP contribution in [0.25, 0.3) is 0 Å².